The number of rotatable bonds is 10. The second kappa shape index (κ2) is 9.61. The minimum absolute atomic E-state index is 0.476. The van der Waals surface area contributed by atoms with E-state index in [9.17, 15) is 13.2 Å². The van der Waals surface area contributed by atoms with E-state index in [-0.39, 0.29) is 0 Å². The molecule has 0 radical (unpaired) electrons. The van der Waals surface area contributed by atoms with Gasteiger partial charge >= 0.3 is 6.18 Å². The SMILES string of the molecule is CC(CCCCCCCNCC(F)(F)F)N1CCCC1. The predicted molar refractivity (Wildman–Crippen MR) is 76.9 cm³/mol. The lowest BCUT2D eigenvalue weighted by molar-refractivity contribution is -0.124. The fourth-order valence-electron chi connectivity index (χ4n) is 2.82. The molecule has 0 aromatic carbocycles. The first-order valence-electron chi connectivity index (χ1n) is 8.00. The van der Waals surface area contributed by atoms with Gasteiger partial charge in [-0.3, -0.25) is 0 Å². The highest BCUT2D eigenvalue weighted by Crippen LogP contribution is 2.16. The van der Waals surface area contributed by atoms with Crippen LogP contribution < -0.4 is 5.32 Å². The predicted octanol–water partition coefficient (Wildman–Crippen LogP) is 3.96. The molecule has 0 spiro atoms. The summed E-state index contributed by atoms with van der Waals surface area (Å²) in [7, 11) is 0. The lowest BCUT2D eigenvalue weighted by atomic mass is 10.1. The number of hydrogen-bond acceptors (Lipinski definition) is 2. The Labute approximate surface area is 121 Å². The number of hydrogen-bond donors (Lipinski definition) is 1. The zero-order valence-electron chi connectivity index (χ0n) is 12.6. The standard InChI is InChI=1S/C15H29F3N2/c1-14(20-11-7-8-12-20)9-5-3-2-4-6-10-19-13-15(16,17)18/h14,19H,2-13H2,1H3. The Morgan fingerprint density at radius 3 is 2.25 bits per heavy atom. The van der Waals surface area contributed by atoms with Crippen LogP contribution in [0.15, 0.2) is 0 Å². The van der Waals surface area contributed by atoms with Gasteiger partial charge in [0.15, 0.2) is 0 Å². The summed E-state index contributed by atoms with van der Waals surface area (Å²) in [5.41, 5.74) is 0. The molecule has 1 rings (SSSR count). The molecule has 0 bridgehead atoms. The fraction of sp³-hybridized carbons (Fsp3) is 1.00. The highest BCUT2D eigenvalue weighted by molar-refractivity contribution is 4.72. The molecule has 0 aromatic rings. The van der Waals surface area contributed by atoms with Gasteiger partial charge in [0, 0.05) is 6.04 Å². The Morgan fingerprint density at radius 2 is 1.60 bits per heavy atom. The zero-order valence-corrected chi connectivity index (χ0v) is 12.6. The third-order valence-corrected chi connectivity index (χ3v) is 4.06. The molecule has 5 heteroatoms. The van der Waals surface area contributed by atoms with Crippen molar-refractivity contribution in [1.29, 1.82) is 0 Å². The molecule has 1 aliphatic rings. The maximum atomic E-state index is 11.9. The fourth-order valence-corrected chi connectivity index (χ4v) is 2.82. The van der Waals surface area contributed by atoms with Gasteiger partial charge in [-0.25, -0.2) is 0 Å². The normalized spacial score (nSPS) is 18.6. The first-order chi connectivity index (χ1) is 9.49. The summed E-state index contributed by atoms with van der Waals surface area (Å²) >= 11 is 0. The van der Waals surface area contributed by atoms with Crippen LogP contribution in [-0.4, -0.2) is 43.3 Å². The molecule has 1 heterocycles. The van der Waals surface area contributed by atoms with Gasteiger partial charge < -0.3 is 10.2 Å². The molecule has 20 heavy (non-hydrogen) atoms. The van der Waals surface area contributed by atoms with Gasteiger partial charge in [-0.2, -0.15) is 13.2 Å². The van der Waals surface area contributed by atoms with Gasteiger partial charge in [-0.15, -0.1) is 0 Å². The molecule has 1 aliphatic heterocycles. The molecule has 0 amide bonds. The Morgan fingerprint density at radius 1 is 1.00 bits per heavy atom. The Balaban J connectivity index is 1.82. The maximum absolute atomic E-state index is 11.9. The average molecular weight is 294 g/mol. The average Bonchev–Trinajstić information content (AvgIpc) is 2.89. The van der Waals surface area contributed by atoms with Crippen LogP contribution in [0, 0.1) is 0 Å². The number of nitrogens with one attached hydrogen (secondary N) is 1. The number of unbranched alkanes of at least 4 members (excludes halogenated alkanes) is 4. The minimum atomic E-state index is -4.08. The van der Waals surface area contributed by atoms with Gasteiger partial charge in [0.05, 0.1) is 6.54 Å². The van der Waals surface area contributed by atoms with Crippen LogP contribution in [0.5, 0.6) is 0 Å². The molecule has 1 atom stereocenters. The van der Waals surface area contributed by atoms with Crippen LogP contribution in [0.25, 0.3) is 0 Å². The van der Waals surface area contributed by atoms with E-state index in [1.54, 1.807) is 0 Å². The number of likely N-dealkylation sites (tertiary alicyclic amines) is 1. The smallest absolute Gasteiger partial charge is 0.309 e. The van der Waals surface area contributed by atoms with Crippen LogP contribution in [-0.2, 0) is 0 Å². The van der Waals surface area contributed by atoms with Crippen molar-refractivity contribution >= 4 is 0 Å². The molecule has 120 valence electrons. The highest BCUT2D eigenvalue weighted by Gasteiger charge is 2.25. The first kappa shape index (κ1) is 17.8. The lowest BCUT2D eigenvalue weighted by Gasteiger charge is -2.23. The first-order valence-corrected chi connectivity index (χ1v) is 8.00. The summed E-state index contributed by atoms with van der Waals surface area (Å²) in [5.74, 6) is 0. The second-order valence-electron chi connectivity index (χ2n) is 5.94. The Bertz CT molecular complexity index is 238. The van der Waals surface area contributed by atoms with Crippen LogP contribution in [0.4, 0.5) is 13.2 Å². The van der Waals surface area contributed by atoms with Crippen molar-refractivity contribution in [2.24, 2.45) is 0 Å². The minimum Gasteiger partial charge on any atom is -0.309 e. The maximum Gasteiger partial charge on any atom is 0.401 e. The third kappa shape index (κ3) is 8.80. The summed E-state index contributed by atoms with van der Waals surface area (Å²) < 4.78 is 35.6. The second-order valence-corrected chi connectivity index (χ2v) is 5.94. The molecular weight excluding hydrogens is 265 g/mol. The van der Waals surface area contributed by atoms with Crippen molar-refractivity contribution in [1.82, 2.24) is 10.2 Å². The molecule has 0 aromatic heterocycles. The van der Waals surface area contributed by atoms with E-state index in [0.29, 0.717) is 12.6 Å². The molecular formula is C15H29F3N2. The van der Waals surface area contributed by atoms with E-state index < -0.39 is 12.7 Å². The number of nitrogens with zero attached hydrogens (tertiary/aromatic N) is 1. The quantitative estimate of drug-likeness (QED) is 0.613. The third-order valence-electron chi connectivity index (χ3n) is 4.06. The lowest BCUT2D eigenvalue weighted by Crippen LogP contribution is -2.29. The van der Waals surface area contributed by atoms with Gasteiger partial charge in [-0.05, 0) is 52.2 Å². The molecule has 1 unspecified atom stereocenters. The Hall–Kier alpha value is -0.290. The van der Waals surface area contributed by atoms with E-state index in [0.717, 1.165) is 19.3 Å². The summed E-state index contributed by atoms with van der Waals surface area (Å²) in [6.07, 6.45) is 5.33. The summed E-state index contributed by atoms with van der Waals surface area (Å²) in [6, 6.07) is 0.700. The molecule has 1 fully saturated rings. The largest absolute Gasteiger partial charge is 0.401 e. The van der Waals surface area contributed by atoms with E-state index in [4.69, 9.17) is 0 Å². The van der Waals surface area contributed by atoms with Crippen LogP contribution in [0.2, 0.25) is 0 Å². The van der Waals surface area contributed by atoms with Crippen molar-refractivity contribution in [2.45, 2.75) is 70.5 Å². The van der Waals surface area contributed by atoms with Crippen LogP contribution >= 0.6 is 0 Å². The van der Waals surface area contributed by atoms with E-state index in [1.165, 1.54) is 45.2 Å². The van der Waals surface area contributed by atoms with Crippen molar-refractivity contribution in [3.05, 3.63) is 0 Å². The monoisotopic (exact) mass is 294 g/mol. The van der Waals surface area contributed by atoms with Crippen molar-refractivity contribution in [2.75, 3.05) is 26.2 Å². The van der Waals surface area contributed by atoms with Gasteiger partial charge in [0.25, 0.3) is 0 Å². The molecule has 0 saturated carbocycles. The zero-order chi connectivity index (χ0) is 14.8. The number of alkyl halides is 3. The number of halogens is 3. The summed E-state index contributed by atoms with van der Waals surface area (Å²) in [6.45, 7) is 4.44. The molecule has 1 saturated heterocycles. The summed E-state index contributed by atoms with van der Waals surface area (Å²) in [5, 5.41) is 2.44. The van der Waals surface area contributed by atoms with Crippen molar-refractivity contribution in [3.8, 4) is 0 Å². The Kier molecular flexibility index (Phi) is 8.53. The topological polar surface area (TPSA) is 15.3 Å². The summed E-state index contributed by atoms with van der Waals surface area (Å²) in [4.78, 5) is 2.57. The molecule has 1 N–H and O–H groups in total. The van der Waals surface area contributed by atoms with E-state index in [1.807, 2.05) is 0 Å². The van der Waals surface area contributed by atoms with E-state index in [2.05, 4.69) is 17.1 Å². The van der Waals surface area contributed by atoms with E-state index >= 15 is 0 Å². The molecule has 2 nitrogen and oxygen atoms in total. The van der Waals surface area contributed by atoms with Crippen LogP contribution in [0.3, 0.4) is 0 Å². The van der Waals surface area contributed by atoms with Gasteiger partial charge in [-0.1, -0.05) is 25.7 Å². The van der Waals surface area contributed by atoms with Crippen LogP contribution in [0.1, 0.15) is 58.3 Å². The van der Waals surface area contributed by atoms with Crippen molar-refractivity contribution in [3.63, 3.8) is 0 Å². The van der Waals surface area contributed by atoms with Gasteiger partial charge in [0.2, 0.25) is 0 Å². The van der Waals surface area contributed by atoms with Gasteiger partial charge in [0.1, 0.15) is 0 Å². The molecule has 0 aliphatic carbocycles. The van der Waals surface area contributed by atoms with Crippen molar-refractivity contribution < 1.29 is 13.2 Å². The highest BCUT2D eigenvalue weighted by atomic mass is 19.4.